The number of pyridine rings is 2. The molecule has 0 radical (unpaired) electrons. The highest BCUT2D eigenvalue weighted by atomic mass is 16.1. The zero-order chi connectivity index (χ0) is 19.9. The standard InChI is InChI=1S/C24H22N4O/c29-24(28-21-12-4-10-19-11-6-16-26-23(19)21)22-14-13-20(17-27-22)25-15-5-9-18-7-2-1-3-8-18/h1-4,6-8,10-14,16-17,25H,5,9,15H2,(H,28,29). The van der Waals surface area contributed by atoms with E-state index in [0.29, 0.717) is 11.4 Å². The molecule has 0 unspecified atom stereocenters. The first-order valence-electron chi connectivity index (χ1n) is 9.68. The van der Waals surface area contributed by atoms with Crippen molar-refractivity contribution in [1.29, 1.82) is 0 Å². The molecule has 5 nitrogen and oxygen atoms in total. The molecular weight excluding hydrogens is 360 g/mol. The number of aryl methyl sites for hydroxylation is 1. The molecule has 144 valence electrons. The molecule has 0 aliphatic carbocycles. The van der Waals surface area contributed by atoms with E-state index in [4.69, 9.17) is 0 Å². The largest absolute Gasteiger partial charge is 0.384 e. The fourth-order valence-corrected chi connectivity index (χ4v) is 3.19. The predicted octanol–water partition coefficient (Wildman–Crippen LogP) is 4.93. The quantitative estimate of drug-likeness (QED) is 0.445. The number of nitrogens with one attached hydrogen (secondary N) is 2. The van der Waals surface area contributed by atoms with E-state index in [0.717, 1.165) is 36.0 Å². The van der Waals surface area contributed by atoms with Crippen molar-refractivity contribution in [2.24, 2.45) is 0 Å². The van der Waals surface area contributed by atoms with E-state index in [1.165, 1.54) is 5.56 Å². The first-order chi connectivity index (χ1) is 14.3. The van der Waals surface area contributed by atoms with Crippen molar-refractivity contribution in [3.8, 4) is 0 Å². The van der Waals surface area contributed by atoms with Crippen molar-refractivity contribution in [3.63, 3.8) is 0 Å². The predicted molar refractivity (Wildman–Crippen MR) is 117 cm³/mol. The van der Waals surface area contributed by atoms with Crippen molar-refractivity contribution in [2.45, 2.75) is 12.8 Å². The molecule has 0 aliphatic heterocycles. The number of para-hydroxylation sites is 1. The van der Waals surface area contributed by atoms with Crippen molar-refractivity contribution in [1.82, 2.24) is 9.97 Å². The summed E-state index contributed by atoms with van der Waals surface area (Å²) in [6.07, 6.45) is 5.47. The number of hydrogen-bond donors (Lipinski definition) is 2. The molecule has 0 aliphatic rings. The number of fused-ring (bicyclic) bond motifs is 1. The van der Waals surface area contributed by atoms with Crippen LogP contribution in [-0.4, -0.2) is 22.4 Å². The topological polar surface area (TPSA) is 66.9 Å². The monoisotopic (exact) mass is 382 g/mol. The molecule has 0 saturated heterocycles. The van der Waals surface area contributed by atoms with Crippen LogP contribution in [0.25, 0.3) is 10.9 Å². The van der Waals surface area contributed by atoms with E-state index in [1.807, 2.05) is 42.5 Å². The first kappa shape index (κ1) is 18.6. The van der Waals surface area contributed by atoms with Crippen LogP contribution in [0.4, 0.5) is 11.4 Å². The van der Waals surface area contributed by atoms with Gasteiger partial charge in [-0.2, -0.15) is 0 Å². The molecule has 4 aromatic rings. The summed E-state index contributed by atoms with van der Waals surface area (Å²) < 4.78 is 0. The minimum Gasteiger partial charge on any atom is -0.384 e. The molecule has 0 bridgehead atoms. The number of rotatable bonds is 7. The van der Waals surface area contributed by atoms with Gasteiger partial charge in [0.2, 0.25) is 0 Å². The molecule has 1 amide bonds. The lowest BCUT2D eigenvalue weighted by Crippen LogP contribution is -2.14. The van der Waals surface area contributed by atoms with Crippen molar-refractivity contribution >= 4 is 28.2 Å². The number of carbonyl (C=O) groups excluding carboxylic acids is 1. The van der Waals surface area contributed by atoms with Gasteiger partial charge in [-0.3, -0.25) is 9.78 Å². The zero-order valence-electron chi connectivity index (χ0n) is 16.0. The maximum atomic E-state index is 12.6. The zero-order valence-corrected chi connectivity index (χ0v) is 16.0. The first-order valence-corrected chi connectivity index (χ1v) is 9.68. The minimum absolute atomic E-state index is 0.251. The Labute approximate surface area is 169 Å². The van der Waals surface area contributed by atoms with E-state index in [9.17, 15) is 4.79 Å². The molecule has 0 spiro atoms. The molecular formula is C24H22N4O. The average molecular weight is 382 g/mol. The van der Waals surface area contributed by atoms with Crippen LogP contribution in [0, 0.1) is 0 Å². The summed E-state index contributed by atoms with van der Waals surface area (Å²) in [5.41, 5.74) is 4.05. The second-order valence-electron chi connectivity index (χ2n) is 6.78. The third kappa shape index (κ3) is 4.76. The van der Waals surface area contributed by atoms with Crippen molar-refractivity contribution in [3.05, 3.63) is 96.4 Å². The highest BCUT2D eigenvalue weighted by Crippen LogP contribution is 2.21. The molecule has 2 heterocycles. The fraction of sp³-hybridized carbons (Fsp3) is 0.125. The number of amides is 1. The van der Waals surface area contributed by atoms with Gasteiger partial charge in [0.15, 0.2) is 0 Å². The summed E-state index contributed by atoms with van der Waals surface area (Å²) in [7, 11) is 0. The van der Waals surface area contributed by atoms with E-state index < -0.39 is 0 Å². The molecule has 0 fully saturated rings. The van der Waals surface area contributed by atoms with Crippen LogP contribution in [0.3, 0.4) is 0 Å². The summed E-state index contributed by atoms with van der Waals surface area (Å²) >= 11 is 0. The second kappa shape index (κ2) is 8.97. The average Bonchev–Trinajstić information content (AvgIpc) is 2.78. The number of nitrogens with zero attached hydrogens (tertiary/aromatic N) is 2. The Morgan fingerprint density at radius 3 is 2.55 bits per heavy atom. The van der Waals surface area contributed by atoms with Crippen LogP contribution in [0.5, 0.6) is 0 Å². The van der Waals surface area contributed by atoms with Crippen LogP contribution in [0.15, 0.2) is 85.2 Å². The van der Waals surface area contributed by atoms with Gasteiger partial charge in [-0.15, -0.1) is 0 Å². The number of carbonyl (C=O) groups is 1. The van der Waals surface area contributed by atoms with E-state index in [1.54, 1.807) is 18.5 Å². The smallest absolute Gasteiger partial charge is 0.274 e. The fourth-order valence-electron chi connectivity index (χ4n) is 3.19. The lowest BCUT2D eigenvalue weighted by Gasteiger charge is -2.09. The Morgan fingerprint density at radius 2 is 1.72 bits per heavy atom. The van der Waals surface area contributed by atoms with Crippen LogP contribution in [-0.2, 0) is 6.42 Å². The van der Waals surface area contributed by atoms with E-state index in [2.05, 4.69) is 44.9 Å². The van der Waals surface area contributed by atoms with Gasteiger partial charge in [-0.05, 0) is 42.7 Å². The molecule has 4 rings (SSSR count). The lowest BCUT2D eigenvalue weighted by atomic mass is 10.1. The molecule has 5 heteroatoms. The van der Waals surface area contributed by atoms with E-state index >= 15 is 0 Å². The van der Waals surface area contributed by atoms with Crippen LogP contribution in [0.1, 0.15) is 22.5 Å². The highest BCUT2D eigenvalue weighted by molar-refractivity contribution is 6.07. The molecule has 2 N–H and O–H groups in total. The van der Waals surface area contributed by atoms with Gasteiger partial charge >= 0.3 is 0 Å². The third-order valence-corrected chi connectivity index (χ3v) is 4.69. The Morgan fingerprint density at radius 1 is 0.862 bits per heavy atom. The van der Waals surface area contributed by atoms with Crippen molar-refractivity contribution in [2.75, 3.05) is 17.2 Å². The molecule has 29 heavy (non-hydrogen) atoms. The molecule has 2 aromatic heterocycles. The maximum Gasteiger partial charge on any atom is 0.274 e. The maximum absolute atomic E-state index is 12.6. The van der Waals surface area contributed by atoms with Crippen LogP contribution >= 0.6 is 0 Å². The summed E-state index contributed by atoms with van der Waals surface area (Å²) in [6.45, 7) is 0.851. The summed E-state index contributed by atoms with van der Waals surface area (Å²) in [5, 5.41) is 7.24. The number of anilines is 2. The molecule has 2 aromatic carbocycles. The normalized spacial score (nSPS) is 10.6. The van der Waals surface area contributed by atoms with Crippen molar-refractivity contribution < 1.29 is 4.79 Å². The SMILES string of the molecule is O=C(Nc1cccc2cccnc12)c1ccc(NCCCc2ccccc2)cn1. The number of hydrogen-bond acceptors (Lipinski definition) is 4. The molecule has 0 atom stereocenters. The highest BCUT2D eigenvalue weighted by Gasteiger charge is 2.10. The van der Waals surface area contributed by atoms with Gasteiger partial charge in [0.25, 0.3) is 5.91 Å². The van der Waals surface area contributed by atoms with Gasteiger partial charge in [0.1, 0.15) is 5.69 Å². The lowest BCUT2D eigenvalue weighted by molar-refractivity contribution is 0.102. The minimum atomic E-state index is -0.251. The van der Waals surface area contributed by atoms with Gasteiger partial charge in [-0.25, -0.2) is 4.98 Å². The van der Waals surface area contributed by atoms with Gasteiger partial charge in [-0.1, -0.05) is 48.5 Å². The summed E-state index contributed by atoms with van der Waals surface area (Å²) in [5.74, 6) is -0.251. The Kier molecular flexibility index (Phi) is 5.76. The number of benzene rings is 2. The van der Waals surface area contributed by atoms with Crippen LogP contribution in [0.2, 0.25) is 0 Å². The van der Waals surface area contributed by atoms with Crippen LogP contribution < -0.4 is 10.6 Å². The summed E-state index contributed by atoms with van der Waals surface area (Å²) in [4.78, 5) is 21.2. The summed E-state index contributed by atoms with van der Waals surface area (Å²) in [6, 6.07) is 23.6. The van der Waals surface area contributed by atoms with Gasteiger partial charge in [0, 0.05) is 18.1 Å². The Bertz CT molecular complexity index is 1090. The Balaban J connectivity index is 1.33. The second-order valence-corrected chi connectivity index (χ2v) is 6.78. The van der Waals surface area contributed by atoms with E-state index in [-0.39, 0.29) is 5.91 Å². The molecule has 0 saturated carbocycles. The third-order valence-electron chi connectivity index (χ3n) is 4.69. The van der Waals surface area contributed by atoms with Gasteiger partial charge in [0.05, 0.1) is 23.1 Å². The Hall–Kier alpha value is -3.73. The number of aromatic nitrogens is 2. The van der Waals surface area contributed by atoms with Gasteiger partial charge < -0.3 is 10.6 Å².